The largest absolute Gasteiger partial charge is 0.463 e. The molecular weight excluding hydrogens is 402 g/mol. The van der Waals surface area contributed by atoms with Gasteiger partial charge in [0, 0.05) is 16.3 Å². The topological polar surface area (TPSA) is 100 Å². The molecule has 3 N–H and O–H groups in total. The molecule has 2 aromatic carbocycles. The van der Waals surface area contributed by atoms with Crippen LogP contribution in [0.2, 0.25) is 5.02 Å². The molecule has 0 unspecified atom stereocenters. The first-order valence-corrected chi connectivity index (χ1v) is 9.89. The Hall–Kier alpha value is -3.23. The van der Waals surface area contributed by atoms with Gasteiger partial charge in [-0.3, -0.25) is 20.4 Å². The van der Waals surface area contributed by atoms with Crippen molar-refractivity contribution in [2.75, 3.05) is 4.72 Å². The summed E-state index contributed by atoms with van der Waals surface area (Å²) in [5, 5.41) is 0.491. The van der Waals surface area contributed by atoms with Crippen LogP contribution in [0.15, 0.2) is 82.8 Å². The summed E-state index contributed by atoms with van der Waals surface area (Å²) in [4.78, 5) is 12.3. The van der Waals surface area contributed by atoms with E-state index in [0.717, 1.165) is 0 Å². The average Bonchev–Trinajstić information content (AvgIpc) is 3.22. The maximum atomic E-state index is 12.6. The van der Waals surface area contributed by atoms with Crippen molar-refractivity contribution in [1.29, 1.82) is 0 Å². The maximum Gasteiger partial charge on any atom is 0.269 e. The highest BCUT2D eigenvalue weighted by molar-refractivity contribution is 7.92. The first-order chi connectivity index (χ1) is 13.3. The van der Waals surface area contributed by atoms with Crippen molar-refractivity contribution in [3.8, 4) is 0 Å². The van der Waals surface area contributed by atoms with E-state index in [2.05, 4.69) is 22.2 Å². The van der Waals surface area contributed by atoms with E-state index >= 15 is 0 Å². The van der Waals surface area contributed by atoms with Crippen LogP contribution >= 0.6 is 11.6 Å². The van der Waals surface area contributed by atoms with Crippen LogP contribution < -0.4 is 15.6 Å². The van der Waals surface area contributed by atoms with Gasteiger partial charge >= 0.3 is 0 Å². The van der Waals surface area contributed by atoms with Crippen molar-refractivity contribution in [2.45, 2.75) is 4.90 Å². The average molecular weight is 418 g/mol. The molecule has 9 heteroatoms. The zero-order valence-electron chi connectivity index (χ0n) is 14.5. The number of furan rings is 1. The van der Waals surface area contributed by atoms with Crippen molar-refractivity contribution in [3.63, 3.8) is 0 Å². The molecule has 3 rings (SSSR count). The van der Waals surface area contributed by atoms with Gasteiger partial charge in [-0.15, -0.1) is 0 Å². The highest BCUT2D eigenvalue weighted by Crippen LogP contribution is 2.19. The summed E-state index contributed by atoms with van der Waals surface area (Å²) in [6.45, 7) is 3.74. The van der Waals surface area contributed by atoms with Gasteiger partial charge in [0.25, 0.3) is 15.9 Å². The number of amides is 1. The zero-order chi connectivity index (χ0) is 20.1. The Morgan fingerprint density at radius 2 is 1.75 bits per heavy atom. The second-order valence-electron chi connectivity index (χ2n) is 5.68. The summed E-state index contributed by atoms with van der Waals surface area (Å²) in [7, 11) is -3.87. The lowest BCUT2D eigenvalue weighted by Crippen LogP contribution is -2.35. The number of carbonyl (C=O) groups is 1. The maximum absolute atomic E-state index is 12.6. The van der Waals surface area contributed by atoms with E-state index < -0.39 is 15.9 Å². The third kappa shape index (κ3) is 4.73. The molecule has 0 spiro atoms. The van der Waals surface area contributed by atoms with Crippen molar-refractivity contribution in [2.24, 2.45) is 0 Å². The van der Waals surface area contributed by atoms with Gasteiger partial charge in [0.2, 0.25) is 0 Å². The summed E-state index contributed by atoms with van der Waals surface area (Å²) in [6, 6.07) is 15.2. The third-order valence-electron chi connectivity index (χ3n) is 3.65. The van der Waals surface area contributed by atoms with Crippen molar-refractivity contribution >= 4 is 38.9 Å². The molecule has 7 nitrogen and oxygen atoms in total. The van der Waals surface area contributed by atoms with E-state index in [1.807, 2.05) is 0 Å². The molecule has 0 saturated heterocycles. The number of carbonyl (C=O) groups excluding carboxylic acids is 1. The molecule has 0 radical (unpaired) electrons. The van der Waals surface area contributed by atoms with Crippen LogP contribution in [0.3, 0.4) is 0 Å². The van der Waals surface area contributed by atoms with Crippen molar-refractivity contribution in [3.05, 3.63) is 89.9 Å². The van der Waals surface area contributed by atoms with Gasteiger partial charge in [0.05, 0.1) is 16.9 Å². The molecule has 0 bridgehead atoms. The Kier molecular flexibility index (Phi) is 5.72. The Labute approximate surface area is 167 Å². The molecule has 0 aliphatic heterocycles. The lowest BCUT2D eigenvalue weighted by Gasteiger charge is -2.11. The van der Waals surface area contributed by atoms with Crippen LogP contribution in [-0.4, -0.2) is 14.3 Å². The molecular formula is C19H16ClN3O4S. The monoisotopic (exact) mass is 417 g/mol. The molecule has 0 aliphatic carbocycles. The molecule has 1 amide bonds. The van der Waals surface area contributed by atoms with Gasteiger partial charge < -0.3 is 4.42 Å². The number of hydrazine groups is 1. The number of sulfonamides is 1. The molecule has 1 heterocycles. The molecule has 0 fully saturated rings. The normalized spacial score (nSPS) is 10.9. The van der Waals surface area contributed by atoms with Gasteiger partial charge in [0.1, 0.15) is 0 Å². The SMILES string of the molecule is C=C(NNC(=O)c1cccc(S(=O)(=O)Nc2ccc(Cl)cc2)c1)c1ccco1. The summed E-state index contributed by atoms with van der Waals surface area (Å²) in [5.41, 5.74) is 5.93. The highest BCUT2D eigenvalue weighted by Gasteiger charge is 2.17. The van der Waals surface area contributed by atoms with E-state index in [1.54, 1.807) is 36.4 Å². The summed E-state index contributed by atoms with van der Waals surface area (Å²) >= 11 is 5.80. The standard InChI is InChI=1S/C19H16ClN3O4S/c1-13(18-6-3-11-27-18)21-22-19(24)14-4-2-5-17(12-14)28(25,26)23-16-9-7-15(20)8-10-16/h2-12,21,23H,1H2,(H,22,24). The Bertz CT molecular complexity index is 1090. The predicted octanol–water partition coefficient (Wildman–Crippen LogP) is 3.64. The number of benzene rings is 2. The lowest BCUT2D eigenvalue weighted by atomic mass is 10.2. The number of nitrogens with one attached hydrogen (secondary N) is 3. The van der Waals surface area contributed by atoms with Crippen LogP contribution in [0.4, 0.5) is 5.69 Å². The van der Waals surface area contributed by atoms with Gasteiger partial charge in [-0.05, 0) is 54.6 Å². The summed E-state index contributed by atoms with van der Waals surface area (Å²) in [5.74, 6) is -0.0694. The van der Waals surface area contributed by atoms with Crippen molar-refractivity contribution < 1.29 is 17.6 Å². The van der Waals surface area contributed by atoms with E-state index in [4.69, 9.17) is 16.0 Å². The van der Waals surface area contributed by atoms with Crippen LogP contribution in [0.25, 0.3) is 5.70 Å². The smallest absolute Gasteiger partial charge is 0.269 e. The van der Waals surface area contributed by atoms with E-state index in [0.29, 0.717) is 22.2 Å². The molecule has 1 aromatic heterocycles. The third-order valence-corrected chi connectivity index (χ3v) is 5.28. The number of hydrogen-bond acceptors (Lipinski definition) is 5. The second-order valence-corrected chi connectivity index (χ2v) is 7.79. The van der Waals surface area contributed by atoms with Gasteiger partial charge in [-0.1, -0.05) is 24.2 Å². The molecule has 144 valence electrons. The quantitative estimate of drug-likeness (QED) is 0.509. The van der Waals surface area contributed by atoms with Crippen LogP contribution in [0.1, 0.15) is 16.1 Å². The fourth-order valence-electron chi connectivity index (χ4n) is 2.25. The minimum absolute atomic E-state index is 0.0556. The van der Waals surface area contributed by atoms with Crippen LogP contribution in [0, 0.1) is 0 Å². The first-order valence-electron chi connectivity index (χ1n) is 8.03. The zero-order valence-corrected chi connectivity index (χ0v) is 16.0. The predicted molar refractivity (Wildman–Crippen MR) is 107 cm³/mol. The van der Waals surface area contributed by atoms with Gasteiger partial charge in [-0.25, -0.2) is 8.42 Å². The van der Waals surface area contributed by atoms with Crippen LogP contribution in [-0.2, 0) is 10.0 Å². The van der Waals surface area contributed by atoms with E-state index in [-0.39, 0.29) is 10.5 Å². The number of anilines is 1. The Morgan fingerprint density at radius 3 is 2.43 bits per heavy atom. The molecule has 0 saturated carbocycles. The number of rotatable bonds is 7. The summed E-state index contributed by atoms with van der Waals surface area (Å²) in [6.07, 6.45) is 1.48. The highest BCUT2D eigenvalue weighted by atomic mass is 35.5. The van der Waals surface area contributed by atoms with Gasteiger partial charge in [-0.2, -0.15) is 0 Å². The lowest BCUT2D eigenvalue weighted by molar-refractivity contribution is 0.0942. The van der Waals surface area contributed by atoms with Crippen LogP contribution in [0.5, 0.6) is 0 Å². The Balaban J connectivity index is 1.71. The minimum Gasteiger partial charge on any atom is -0.463 e. The Morgan fingerprint density at radius 1 is 1.00 bits per heavy atom. The van der Waals surface area contributed by atoms with E-state index in [1.165, 1.54) is 30.5 Å². The second kappa shape index (κ2) is 8.20. The van der Waals surface area contributed by atoms with E-state index in [9.17, 15) is 13.2 Å². The summed E-state index contributed by atoms with van der Waals surface area (Å²) < 4.78 is 32.7. The number of halogens is 1. The van der Waals surface area contributed by atoms with Crippen molar-refractivity contribution in [1.82, 2.24) is 10.9 Å². The number of hydrogen-bond donors (Lipinski definition) is 3. The minimum atomic E-state index is -3.87. The molecule has 28 heavy (non-hydrogen) atoms. The van der Waals surface area contributed by atoms with Gasteiger partial charge in [0.15, 0.2) is 5.76 Å². The molecule has 0 atom stereocenters. The molecule has 3 aromatic rings. The first kappa shape index (κ1) is 19.5. The molecule has 0 aliphatic rings. The fourth-order valence-corrected chi connectivity index (χ4v) is 3.48. The fraction of sp³-hybridized carbons (Fsp3) is 0.